The van der Waals surface area contributed by atoms with Gasteiger partial charge in [-0.15, -0.1) is 12.6 Å². The molecule has 4 heteroatoms. The molecule has 0 aromatic heterocycles. The Morgan fingerprint density at radius 2 is 2.30 bits per heavy atom. The first-order chi connectivity index (χ1) is 4.80. The average molecular weight is 176 g/mol. The molecule has 0 aliphatic carbocycles. The number of rotatable bonds is 1. The molecule has 2 N–H and O–H groups in total. The van der Waals surface area contributed by atoms with Crippen molar-refractivity contribution < 1.29 is 0 Å². The van der Waals surface area contributed by atoms with E-state index in [0.717, 1.165) is 23.8 Å². The Balaban J connectivity index is 2.35. The van der Waals surface area contributed by atoms with Gasteiger partial charge in [-0.25, -0.2) is 0 Å². The van der Waals surface area contributed by atoms with Gasteiger partial charge in [0.15, 0.2) is 0 Å². The fourth-order valence-corrected chi connectivity index (χ4v) is 1.33. The van der Waals surface area contributed by atoms with E-state index in [0.29, 0.717) is 0 Å². The first-order valence-electron chi connectivity index (χ1n) is 3.47. The van der Waals surface area contributed by atoms with Gasteiger partial charge in [0.25, 0.3) is 0 Å². The monoisotopic (exact) mass is 176 g/mol. The highest BCUT2D eigenvalue weighted by atomic mass is 32.1. The maximum absolute atomic E-state index is 4.94. The Morgan fingerprint density at radius 3 is 3.00 bits per heavy atom. The van der Waals surface area contributed by atoms with Gasteiger partial charge in [-0.2, -0.15) is 0 Å². The lowest BCUT2D eigenvalue weighted by Crippen LogP contribution is -2.39. The number of hydrogen-bond donors (Lipinski definition) is 3. The van der Waals surface area contributed by atoms with Gasteiger partial charge in [-0.1, -0.05) is 12.2 Å². The lowest BCUT2D eigenvalue weighted by Gasteiger charge is -2.12. The van der Waals surface area contributed by atoms with Gasteiger partial charge in [0, 0.05) is 6.54 Å². The molecule has 0 amide bonds. The molecule has 1 rings (SSSR count). The van der Waals surface area contributed by atoms with E-state index in [1.54, 1.807) is 0 Å². The number of hydrogen-bond acceptors (Lipinski definition) is 3. The van der Waals surface area contributed by atoms with Crippen molar-refractivity contribution >= 4 is 29.0 Å². The lowest BCUT2D eigenvalue weighted by molar-refractivity contribution is 0.651. The Kier molecular flexibility index (Phi) is 3.62. The van der Waals surface area contributed by atoms with Gasteiger partial charge < -0.3 is 10.6 Å². The highest BCUT2D eigenvalue weighted by Gasteiger charge is 2.11. The molecule has 1 unspecified atom stereocenters. The standard InChI is InChI=1S/C6H12N2S2/c9-6(10)5-4-7-2-1-3-8-5/h5,7-8H,1-4H2,(H,9,10). The molecule has 58 valence electrons. The fourth-order valence-electron chi connectivity index (χ4n) is 0.983. The summed E-state index contributed by atoms with van der Waals surface area (Å²) in [6.07, 6.45) is 1.17. The third-order valence-corrected chi connectivity index (χ3v) is 2.16. The van der Waals surface area contributed by atoms with E-state index in [9.17, 15) is 0 Å². The van der Waals surface area contributed by atoms with Crippen LogP contribution in [0.4, 0.5) is 0 Å². The largest absolute Gasteiger partial charge is 0.315 e. The van der Waals surface area contributed by atoms with Crippen LogP contribution in [-0.4, -0.2) is 29.9 Å². The predicted octanol–water partition coefficient (Wildman–Crippen LogP) is 0.195. The van der Waals surface area contributed by atoms with E-state index in [1.807, 2.05) is 0 Å². The Hall–Kier alpha value is 0.360. The second kappa shape index (κ2) is 4.28. The van der Waals surface area contributed by atoms with Crippen molar-refractivity contribution in [1.82, 2.24) is 10.6 Å². The van der Waals surface area contributed by atoms with E-state index in [4.69, 9.17) is 12.2 Å². The summed E-state index contributed by atoms with van der Waals surface area (Å²) in [7, 11) is 0. The second-order valence-electron chi connectivity index (χ2n) is 2.40. The summed E-state index contributed by atoms with van der Waals surface area (Å²) < 4.78 is 0.759. The molecule has 0 saturated carbocycles. The third-order valence-electron chi connectivity index (χ3n) is 1.57. The zero-order valence-corrected chi connectivity index (χ0v) is 7.47. The first kappa shape index (κ1) is 8.46. The fraction of sp³-hybridized carbons (Fsp3) is 0.833. The van der Waals surface area contributed by atoms with Crippen molar-refractivity contribution in [2.24, 2.45) is 0 Å². The number of thiocarbonyl (C=S) groups is 1. The van der Waals surface area contributed by atoms with Crippen LogP contribution in [0, 0.1) is 0 Å². The van der Waals surface area contributed by atoms with Crippen LogP contribution in [0.15, 0.2) is 0 Å². The molecule has 1 atom stereocenters. The summed E-state index contributed by atoms with van der Waals surface area (Å²) in [5.41, 5.74) is 0. The van der Waals surface area contributed by atoms with Crippen LogP contribution < -0.4 is 10.6 Å². The zero-order valence-electron chi connectivity index (χ0n) is 5.76. The molecular weight excluding hydrogens is 164 g/mol. The smallest absolute Gasteiger partial charge is 0.0631 e. The molecule has 1 heterocycles. The summed E-state index contributed by atoms with van der Waals surface area (Å²) in [4.78, 5) is 0. The summed E-state index contributed by atoms with van der Waals surface area (Å²) in [6, 6.07) is 0.279. The second-order valence-corrected chi connectivity index (χ2v) is 3.63. The quantitative estimate of drug-likeness (QED) is 0.393. The minimum Gasteiger partial charge on any atom is -0.315 e. The molecule has 1 fully saturated rings. The molecule has 1 aliphatic rings. The summed E-state index contributed by atoms with van der Waals surface area (Å²) in [5, 5.41) is 6.58. The van der Waals surface area contributed by atoms with Crippen LogP contribution in [0.3, 0.4) is 0 Å². The van der Waals surface area contributed by atoms with Crippen LogP contribution in [0.2, 0.25) is 0 Å². The Bertz CT molecular complexity index is 119. The van der Waals surface area contributed by atoms with Crippen molar-refractivity contribution in [3.63, 3.8) is 0 Å². The van der Waals surface area contributed by atoms with Crippen LogP contribution in [0.1, 0.15) is 6.42 Å². The Labute approximate surface area is 72.2 Å². The SMILES string of the molecule is S=C(S)C1CNCCCN1. The molecule has 2 nitrogen and oxygen atoms in total. The molecule has 0 radical (unpaired) electrons. The highest BCUT2D eigenvalue weighted by molar-refractivity contribution is 8.11. The highest BCUT2D eigenvalue weighted by Crippen LogP contribution is 1.95. The average Bonchev–Trinajstić information content (AvgIpc) is 2.12. The lowest BCUT2D eigenvalue weighted by atomic mass is 10.3. The van der Waals surface area contributed by atoms with Crippen molar-refractivity contribution in [3.8, 4) is 0 Å². The molecule has 1 aliphatic heterocycles. The van der Waals surface area contributed by atoms with Crippen LogP contribution in [0.25, 0.3) is 0 Å². The molecule has 1 saturated heterocycles. The van der Waals surface area contributed by atoms with Crippen LogP contribution >= 0.6 is 24.8 Å². The summed E-state index contributed by atoms with van der Waals surface area (Å²) >= 11 is 9.06. The van der Waals surface area contributed by atoms with E-state index >= 15 is 0 Å². The molecule has 0 aromatic rings. The van der Waals surface area contributed by atoms with E-state index in [1.165, 1.54) is 6.42 Å². The van der Waals surface area contributed by atoms with Gasteiger partial charge >= 0.3 is 0 Å². The van der Waals surface area contributed by atoms with Gasteiger partial charge in [0.2, 0.25) is 0 Å². The molecule has 0 aromatic carbocycles. The molecule has 0 spiro atoms. The van der Waals surface area contributed by atoms with Gasteiger partial charge in [-0.3, -0.25) is 0 Å². The summed E-state index contributed by atoms with van der Waals surface area (Å²) in [5.74, 6) is 0. The first-order valence-corrected chi connectivity index (χ1v) is 4.33. The van der Waals surface area contributed by atoms with Gasteiger partial charge in [0.05, 0.1) is 10.2 Å². The van der Waals surface area contributed by atoms with Crippen LogP contribution in [0.5, 0.6) is 0 Å². The number of nitrogens with one attached hydrogen (secondary N) is 2. The van der Waals surface area contributed by atoms with Crippen molar-refractivity contribution in [2.75, 3.05) is 19.6 Å². The minimum atomic E-state index is 0.279. The van der Waals surface area contributed by atoms with E-state index in [2.05, 4.69) is 23.3 Å². The van der Waals surface area contributed by atoms with Gasteiger partial charge in [0.1, 0.15) is 0 Å². The number of thiol groups is 1. The minimum absolute atomic E-state index is 0.279. The predicted molar refractivity (Wildman–Crippen MR) is 50.9 cm³/mol. The van der Waals surface area contributed by atoms with Crippen molar-refractivity contribution in [2.45, 2.75) is 12.5 Å². The third kappa shape index (κ3) is 2.54. The molecule has 10 heavy (non-hydrogen) atoms. The van der Waals surface area contributed by atoms with E-state index < -0.39 is 0 Å². The van der Waals surface area contributed by atoms with Crippen molar-refractivity contribution in [1.29, 1.82) is 0 Å². The normalized spacial score (nSPS) is 27.5. The van der Waals surface area contributed by atoms with Crippen LogP contribution in [-0.2, 0) is 0 Å². The maximum Gasteiger partial charge on any atom is 0.0631 e. The van der Waals surface area contributed by atoms with Crippen molar-refractivity contribution in [3.05, 3.63) is 0 Å². The summed E-state index contributed by atoms with van der Waals surface area (Å²) in [6.45, 7) is 3.04. The van der Waals surface area contributed by atoms with E-state index in [-0.39, 0.29) is 6.04 Å². The molecular formula is C6H12N2S2. The Morgan fingerprint density at radius 1 is 1.50 bits per heavy atom. The topological polar surface area (TPSA) is 24.1 Å². The molecule has 0 bridgehead atoms. The van der Waals surface area contributed by atoms with Gasteiger partial charge in [-0.05, 0) is 19.5 Å². The zero-order chi connectivity index (χ0) is 7.40. The maximum atomic E-state index is 4.94.